The van der Waals surface area contributed by atoms with Crippen molar-refractivity contribution < 1.29 is 4.79 Å². The van der Waals surface area contributed by atoms with Crippen LogP contribution in [-0.2, 0) is 0 Å². The second-order valence-corrected chi connectivity index (χ2v) is 4.75. The van der Waals surface area contributed by atoms with Crippen LogP contribution in [0.2, 0.25) is 0 Å². The average molecular weight is 244 g/mol. The van der Waals surface area contributed by atoms with E-state index in [0.29, 0.717) is 0 Å². The molecule has 0 saturated carbocycles. The highest BCUT2D eigenvalue weighted by Gasteiger charge is 2.26. The molecule has 1 aromatic rings. The van der Waals surface area contributed by atoms with Gasteiger partial charge >= 0.3 is 0 Å². The minimum atomic E-state index is -0.0430. The van der Waals surface area contributed by atoms with Gasteiger partial charge in [0.2, 0.25) is 0 Å². The minimum absolute atomic E-state index is 0.0430. The lowest BCUT2D eigenvalue weighted by Gasteiger charge is -2.27. The fraction of sp³-hybridized carbons (Fsp3) is 0.400. The summed E-state index contributed by atoms with van der Waals surface area (Å²) in [5.41, 5.74) is 0.805. The molecular weight excluding hydrogens is 224 g/mol. The fourth-order valence-electron chi connectivity index (χ4n) is 2.27. The van der Waals surface area contributed by atoms with E-state index in [-0.39, 0.29) is 11.8 Å². The zero-order valence-electron chi connectivity index (χ0n) is 11.0. The number of Topliss-reactive ketones (excluding diaryl/α,β-unsaturated/α-hetero) is 1. The Morgan fingerprint density at radius 2 is 2.00 bits per heavy atom. The third-order valence-corrected chi connectivity index (χ3v) is 3.22. The first-order chi connectivity index (χ1) is 8.72. The van der Waals surface area contributed by atoms with Crippen LogP contribution in [0.3, 0.4) is 0 Å². The maximum atomic E-state index is 12.5. The number of rotatable bonds is 5. The Hall–Kier alpha value is -1.77. The van der Waals surface area contributed by atoms with Crippen LogP contribution in [0.4, 0.5) is 0 Å². The van der Waals surface area contributed by atoms with Crippen LogP contribution in [-0.4, -0.2) is 35.3 Å². The summed E-state index contributed by atoms with van der Waals surface area (Å²) in [7, 11) is 2.02. The van der Waals surface area contributed by atoms with Gasteiger partial charge in [-0.2, -0.15) is 0 Å². The molecule has 0 aromatic heterocycles. The van der Waals surface area contributed by atoms with Crippen molar-refractivity contribution in [3.8, 4) is 0 Å². The number of carbonyl (C=O) groups is 1. The van der Waals surface area contributed by atoms with Crippen molar-refractivity contribution in [1.82, 2.24) is 9.80 Å². The number of hydrogen-bond acceptors (Lipinski definition) is 3. The largest absolute Gasteiger partial charge is 0.362 e. The van der Waals surface area contributed by atoms with E-state index >= 15 is 0 Å². The topological polar surface area (TPSA) is 23.6 Å². The Bertz CT molecular complexity index is 427. The van der Waals surface area contributed by atoms with Gasteiger partial charge in [-0.1, -0.05) is 43.7 Å². The van der Waals surface area contributed by atoms with Gasteiger partial charge in [0, 0.05) is 25.0 Å². The Morgan fingerprint density at radius 1 is 1.28 bits per heavy atom. The summed E-state index contributed by atoms with van der Waals surface area (Å²) in [6.45, 7) is 2.91. The van der Waals surface area contributed by atoms with E-state index in [1.165, 1.54) is 0 Å². The van der Waals surface area contributed by atoms with Crippen molar-refractivity contribution in [2.24, 2.45) is 0 Å². The number of carbonyl (C=O) groups excluding carboxylic acids is 1. The van der Waals surface area contributed by atoms with Gasteiger partial charge in [0.25, 0.3) is 0 Å². The molecule has 3 heteroatoms. The van der Waals surface area contributed by atoms with Gasteiger partial charge in [0.15, 0.2) is 5.78 Å². The summed E-state index contributed by atoms with van der Waals surface area (Å²) >= 11 is 0. The van der Waals surface area contributed by atoms with E-state index < -0.39 is 0 Å². The third-order valence-electron chi connectivity index (χ3n) is 3.22. The summed E-state index contributed by atoms with van der Waals surface area (Å²) in [5.74, 6) is 0.220. The highest BCUT2D eigenvalue weighted by atomic mass is 16.1. The fourth-order valence-corrected chi connectivity index (χ4v) is 2.27. The predicted octanol–water partition coefficient (Wildman–Crippen LogP) is 2.71. The first kappa shape index (κ1) is 12.7. The molecule has 1 aliphatic rings. The van der Waals surface area contributed by atoms with Crippen LogP contribution in [0, 0.1) is 0 Å². The lowest BCUT2D eigenvalue weighted by atomic mass is 9.99. The van der Waals surface area contributed by atoms with E-state index in [4.69, 9.17) is 0 Å². The van der Waals surface area contributed by atoms with Crippen molar-refractivity contribution in [1.29, 1.82) is 0 Å². The van der Waals surface area contributed by atoms with Crippen LogP contribution in [0.15, 0.2) is 42.7 Å². The maximum absolute atomic E-state index is 12.5. The third kappa shape index (κ3) is 2.73. The van der Waals surface area contributed by atoms with E-state index in [2.05, 4.69) is 16.7 Å². The zero-order valence-corrected chi connectivity index (χ0v) is 11.0. The number of benzene rings is 1. The summed E-state index contributed by atoms with van der Waals surface area (Å²) in [5, 5.41) is 0. The molecule has 1 atom stereocenters. The lowest BCUT2D eigenvalue weighted by molar-refractivity contribution is 0.0845. The number of ketones is 1. The van der Waals surface area contributed by atoms with Crippen LogP contribution in [0.1, 0.15) is 30.1 Å². The van der Waals surface area contributed by atoms with Crippen molar-refractivity contribution >= 4 is 5.78 Å². The van der Waals surface area contributed by atoms with Crippen molar-refractivity contribution in [2.45, 2.75) is 25.8 Å². The Kier molecular flexibility index (Phi) is 4.03. The summed E-state index contributed by atoms with van der Waals surface area (Å²) in [4.78, 5) is 16.7. The molecule has 1 heterocycles. The summed E-state index contributed by atoms with van der Waals surface area (Å²) in [6.07, 6.45) is 5.94. The minimum Gasteiger partial charge on any atom is -0.362 e. The van der Waals surface area contributed by atoms with Crippen molar-refractivity contribution in [3.63, 3.8) is 0 Å². The molecule has 0 amide bonds. The lowest BCUT2D eigenvalue weighted by Crippen LogP contribution is -2.39. The van der Waals surface area contributed by atoms with Gasteiger partial charge in [0.1, 0.15) is 0 Å². The van der Waals surface area contributed by atoms with Gasteiger partial charge in [0.05, 0.1) is 12.7 Å². The van der Waals surface area contributed by atoms with Crippen molar-refractivity contribution in [2.75, 3.05) is 13.7 Å². The molecule has 0 N–H and O–H groups in total. The van der Waals surface area contributed by atoms with Gasteiger partial charge in [-0.05, 0) is 6.42 Å². The van der Waals surface area contributed by atoms with Crippen LogP contribution in [0.5, 0.6) is 0 Å². The van der Waals surface area contributed by atoms with Gasteiger partial charge in [-0.25, -0.2) is 0 Å². The molecule has 96 valence electrons. The van der Waals surface area contributed by atoms with Gasteiger partial charge < -0.3 is 9.80 Å². The molecule has 0 spiro atoms. The molecule has 18 heavy (non-hydrogen) atoms. The molecule has 1 unspecified atom stereocenters. The molecule has 1 aromatic carbocycles. The first-order valence-corrected chi connectivity index (χ1v) is 6.46. The zero-order chi connectivity index (χ0) is 13.0. The maximum Gasteiger partial charge on any atom is 0.185 e. The number of nitrogens with zero attached hydrogens (tertiary/aromatic N) is 2. The molecule has 0 bridgehead atoms. The Morgan fingerprint density at radius 3 is 2.56 bits per heavy atom. The van der Waals surface area contributed by atoms with E-state index in [1.807, 2.05) is 49.8 Å². The van der Waals surface area contributed by atoms with Gasteiger partial charge in [-0.15, -0.1) is 0 Å². The molecule has 0 aliphatic carbocycles. The quantitative estimate of drug-likeness (QED) is 0.744. The van der Waals surface area contributed by atoms with Crippen LogP contribution in [0.25, 0.3) is 0 Å². The summed E-state index contributed by atoms with van der Waals surface area (Å²) < 4.78 is 0. The Labute approximate surface area is 109 Å². The normalized spacial score (nSPS) is 16.1. The highest BCUT2D eigenvalue weighted by Crippen LogP contribution is 2.18. The SMILES string of the molecule is CCCC(C(=O)c1ccccc1)N1C=CN(C)C1. The standard InChI is InChI=1S/C15H20N2O/c1-3-7-14(17-11-10-16(2)12-17)15(18)13-8-5-4-6-9-13/h4-6,8-11,14H,3,7,12H2,1-2H3. The molecule has 1 aliphatic heterocycles. The average Bonchev–Trinajstić information content (AvgIpc) is 2.82. The summed E-state index contributed by atoms with van der Waals surface area (Å²) in [6, 6.07) is 9.53. The molecule has 2 rings (SSSR count). The monoisotopic (exact) mass is 244 g/mol. The predicted molar refractivity (Wildman–Crippen MR) is 73.1 cm³/mol. The first-order valence-electron chi connectivity index (χ1n) is 6.46. The van der Waals surface area contributed by atoms with Gasteiger partial charge in [-0.3, -0.25) is 4.79 Å². The van der Waals surface area contributed by atoms with E-state index in [0.717, 1.165) is 25.1 Å². The van der Waals surface area contributed by atoms with E-state index in [1.54, 1.807) is 0 Å². The second kappa shape index (κ2) is 5.71. The molecular formula is C15H20N2O. The molecule has 3 nitrogen and oxygen atoms in total. The highest BCUT2D eigenvalue weighted by molar-refractivity contribution is 6.00. The van der Waals surface area contributed by atoms with E-state index in [9.17, 15) is 4.79 Å². The molecule has 0 fully saturated rings. The number of hydrogen-bond donors (Lipinski definition) is 0. The van der Waals surface area contributed by atoms with Crippen LogP contribution < -0.4 is 0 Å². The Balaban J connectivity index is 2.15. The molecule has 0 radical (unpaired) electrons. The van der Waals surface area contributed by atoms with Crippen LogP contribution >= 0.6 is 0 Å². The smallest absolute Gasteiger partial charge is 0.185 e. The van der Waals surface area contributed by atoms with Crippen molar-refractivity contribution in [3.05, 3.63) is 48.3 Å². The molecule has 0 saturated heterocycles. The second-order valence-electron chi connectivity index (χ2n) is 4.75.